The van der Waals surface area contributed by atoms with Gasteiger partial charge in [0.1, 0.15) is 6.10 Å². The van der Waals surface area contributed by atoms with Gasteiger partial charge in [-0.3, -0.25) is 0 Å². The van der Waals surface area contributed by atoms with Gasteiger partial charge in [0.05, 0.1) is 0 Å². The molecular formula is C17H20O. The molecule has 0 aromatic heterocycles. The largest absolute Gasteiger partial charge is 0.384 e. The topological polar surface area (TPSA) is 20.2 Å². The number of hydrogen-bond donors (Lipinski definition) is 1. The van der Waals surface area contributed by atoms with Crippen LogP contribution in [0.3, 0.4) is 0 Å². The van der Waals surface area contributed by atoms with Crippen molar-refractivity contribution in [2.45, 2.75) is 33.8 Å². The average Bonchev–Trinajstić information content (AvgIpc) is 2.35. The molecule has 1 nitrogen and oxygen atoms in total. The summed E-state index contributed by atoms with van der Waals surface area (Å²) >= 11 is 0. The Morgan fingerprint density at radius 2 is 1.56 bits per heavy atom. The van der Waals surface area contributed by atoms with Crippen LogP contribution >= 0.6 is 0 Å². The number of rotatable bonds is 2. The molecule has 18 heavy (non-hydrogen) atoms. The summed E-state index contributed by atoms with van der Waals surface area (Å²) in [5, 5.41) is 10.5. The molecule has 0 spiro atoms. The summed E-state index contributed by atoms with van der Waals surface area (Å²) in [5.41, 5.74) is 6.83. The summed E-state index contributed by atoms with van der Waals surface area (Å²) in [5.74, 6) is 0. The van der Waals surface area contributed by atoms with Gasteiger partial charge in [-0.2, -0.15) is 0 Å². The first-order chi connectivity index (χ1) is 8.50. The summed E-state index contributed by atoms with van der Waals surface area (Å²) in [6.07, 6.45) is -0.538. The van der Waals surface area contributed by atoms with Gasteiger partial charge in [-0.25, -0.2) is 0 Å². The lowest BCUT2D eigenvalue weighted by Crippen LogP contribution is -2.03. The second kappa shape index (κ2) is 4.95. The van der Waals surface area contributed by atoms with Crippen LogP contribution < -0.4 is 0 Å². The molecule has 0 fully saturated rings. The smallest absolute Gasteiger partial charge is 0.104 e. The van der Waals surface area contributed by atoms with E-state index in [0.717, 1.165) is 11.1 Å². The molecule has 2 rings (SSSR count). The van der Waals surface area contributed by atoms with E-state index in [1.807, 2.05) is 18.2 Å². The third kappa shape index (κ3) is 2.32. The highest BCUT2D eigenvalue weighted by atomic mass is 16.3. The summed E-state index contributed by atoms with van der Waals surface area (Å²) in [6.45, 7) is 8.30. The third-order valence-corrected chi connectivity index (χ3v) is 3.79. The molecule has 0 aliphatic heterocycles. The maximum atomic E-state index is 10.5. The Labute approximate surface area is 109 Å². The van der Waals surface area contributed by atoms with E-state index in [1.165, 1.54) is 22.3 Å². The molecule has 0 radical (unpaired) electrons. The van der Waals surface area contributed by atoms with Gasteiger partial charge in [-0.1, -0.05) is 36.4 Å². The fourth-order valence-electron chi connectivity index (χ4n) is 2.18. The van der Waals surface area contributed by atoms with Crippen LogP contribution in [0.2, 0.25) is 0 Å². The van der Waals surface area contributed by atoms with Gasteiger partial charge in [0.15, 0.2) is 0 Å². The monoisotopic (exact) mass is 240 g/mol. The van der Waals surface area contributed by atoms with E-state index in [4.69, 9.17) is 0 Å². The maximum absolute atomic E-state index is 10.5. The molecular weight excluding hydrogens is 220 g/mol. The minimum atomic E-state index is -0.538. The molecule has 94 valence electrons. The van der Waals surface area contributed by atoms with Crippen LogP contribution in [-0.4, -0.2) is 5.11 Å². The molecule has 0 heterocycles. The van der Waals surface area contributed by atoms with Gasteiger partial charge in [-0.05, 0) is 61.1 Å². The minimum Gasteiger partial charge on any atom is -0.384 e. The first kappa shape index (κ1) is 12.8. The van der Waals surface area contributed by atoms with Crippen LogP contribution in [-0.2, 0) is 0 Å². The normalized spacial score (nSPS) is 12.5. The number of aliphatic hydroxyl groups is 1. The van der Waals surface area contributed by atoms with E-state index in [1.54, 1.807) is 0 Å². The van der Waals surface area contributed by atoms with Crippen LogP contribution in [0.1, 0.15) is 39.5 Å². The zero-order valence-electron chi connectivity index (χ0n) is 11.5. The van der Waals surface area contributed by atoms with Crippen molar-refractivity contribution in [2.75, 3.05) is 0 Å². The van der Waals surface area contributed by atoms with Crippen molar-refractivity contribution in [3.63, 3.8) is 0 Å². The molecule has 0 bridgehead atoms. The van der Waals surface area contributed by atoms with Crippen molar-refractivity contribution in [1.29, 1.82) is 0 Å². The Morgan fingerprint density at radius 3 is 2.22 bits per heavy atom. The summed E-state index contributed by atoms with van der Waals surface area (Å²) in [6, 6.07) is 12.2. The van der Waals surface area contributed by atoms with Gasteiger partial charge in [0, 0.05) is 0 Å². The molecule has 0 aliphatic rings. The number of aliphatic hydroxyl groups excluding tert-OH is 1. The van der Waals surface area contributed by atoms with Gasteiger partial charge in [-0.15, -0.1) is 0 Å². The van der Waals surface area contributed by atoms with Crippen LogP contribution in [0.4, 0.5) is 0 Å². The van der Waals surface area contributed by atoms with Crippen molar-refractivity contribution < 1.29 is 5.11 Å². The molecule has 1 N–H and O–H groups in total. The second-order valence-electron chi connectivity index (χ2n) is 5.04. The molecule has 1 heteroatoms. The second-order valence-corrected chi connectivity index (χ2v) is 5.04. The van der Waals surface area contributed by atoms with Gasteiger partial charge in [0.2, 0.25) is 0 Å². The first-order valence-corrected chi connectivity index (χ1v) is 6.32. The van der Waals surface area contributed by atoms with Crippen LogP contribution in [0.25, 0.3) is 0 Å². The molecule has 0 saturated heterocycles. The highest BCUT2D eigenvalue weighted by molar-refractivity contribution is 5.41. The van der Waals surface area contributed by atoms with E-state index < -0.39 is 6.10 Å². The van der Waals surface area contributed by atoms with Crippen molar-refractivity contribution in [3.05, 3.63) is 69.8 Å². The molecule has 2 aromatic carbocycles. The van der Waals surface area contributed by atoms with Crippen molar-refractivity contribution in [1.82, 2.24) is 0 Å². The van der Waals surface area contributed by atoms with Gasteiger partial charge in [0.25, 0.3) is 0 Å². The van der Waals surface area contributed by atoms with E-state index in [0.29, 0.717) is 0 Å². The quantitative estimate of drug-likeness (QED) is 0.841. The van der Waals surface area contributed by atoms with E-state index in [2.05, 4.69) is 45.9 Å². The lowest BCUT2D eigenvalue weighted by atomic mass is 9.93. The van der Waals surface area contributed by atoms with Crippen molar-refractivity contribution in [2.24, 2.45) is 0 Å². The zero-order chi connectivity index (χ0) is 13.3. The van der Waals surface area contributed by atoms with E-state index in [9.17, 15) is 5.11 Å². The number of aryl methyl sites for hydroxylation is 3. The Morgan fingerprint density at radius 1 is 0.833 bits per heavy atom. The van der Waals surface area contributed by atoms with Gasteiger partial charge < -0.3 is 5.11 Å². The minimum absolute atomic E-state index is 0.538. The molecule has 1 unspecified atom stereocenters. The zero-order valence-corrected chi connectivity index (χ0v) is 11.5. The predicted molar refractivity (Wildman–Crippen MR) is 75.9 cm³/mol. The average molecular weight is 240 g/mol. The lowest BCUT2D eigenvalue weighted by molar-refractivity contribution is 0.219. The summed E-state index contributed by atoms with van der Waals surface area (Å²) < 4.78 is 0. The lowest BCUT2D eigenvalue weighted by Gasteiger charge is -2.16. The SMILES string of the molecule is Cc1ccc(C(O)c2cccc(C)c2C)cc1C. The van der Waals surface area contributed by atoms with Crippen LogP contribution in [0, 0.1) is 27.7 Å². The maximum Gasteiger partial charge on any atom is 0.104 e. The molecule has 1 atom stereocenters. The Bertz CT molecular complexity index is 570. The molecule has 2 aromatic rings. The standard InChI is InChI=1S/C17H20O/c1-11-8-9-15(10-13(11)3)17(18)16-7-5-6-12(2)14(16)4/h5-10,17-18H,1-4H3. The van der Waals surface area contributed by atoms with Crippen molar-refractivity contribution >= 4 is 0 Å². The van der Waals surface area contributed by atoms with Gasteiger partial charge >= 0.3 is 0 Å². The fourth-order valence-corrected chi connectivity index (χ4v) is 2.18. The van der Waals surface area contributed by atoms with Crippen LogP contribution in [0.5, 0.6) is 0 Å². The molecule has 0 aliphatic carbocycles. The summed E-state index contributed by atoms with van der Waals surface area (Å²) in [7, 11) is 0. The van der Waals surface area contributed by atoms with Crippen molar-refractivity contribution in [3.8, 4) is 0 Å². The fraction of sp³-hybridized carbons (Fsp3) is 0.294. The highest BCUT2D eigenvalue weighted by Gasteiger charge is 2.14. The molecule has 0 saturated carbocycles. The molecule has 0 amide bonds. The third-order valence-electron chi connectivity index (χ3n) is 3.79. The summed E-state index contributed by atoms with van der Waals surface area (Å²) in [4.78, 5) is 0. The van der Waals surface area contributed by atoms with Crippen LogP contribution in [0.15, 0.2) is 36.4 Å². The Kier molecular flexibility index (Phi) is 3.53. The predicted octanol–water partition coefficient (Wildman–Crippen LogP) is 4.00. The van der Waals surface area contributed by atoms with E-state index >= 15 is 0 Å². The van der Waals surface area contributed by atoms with E-state index in [-0.39, 0.29) is 0 Å². The first-order valence-electron chi connectivity index (χ1n) is 6.32. The Hall–Kier alpha value is -1.60. The highest BCUT2D eigenvalue weighted by Crippen LogP contribution is 2.27. The Balaban J connectivity index is 2.44. The number of hydrogen-bond acceptors (Lipinski definition) is 1. The number of benzene rings is 2.